The van der Waals surface area contributed by atoms with Crippen molar-refractivity contribution in [2.45, 2.75) is 11.8 Å². The number of fused-ring (bicyclic) bond motifs is 1. The number of sulfonamides is 1. The molecule has 0 fully saturated rings. The highest BCUT2D eigenvalue weighted by atomic mass is 32.2. The van der Waals surface area contributed by atoms with Crippen molar-refractivity contribution in [3.05, 3.63) is 77.8 Å². The van der Waals surface area contributed by atoms with Gasteiger partial charge < -0.3 is 10.2 Å². The molecular formula is C21H18FN3O4S. The predicted octanol–water partition coefficient (Wildman–Crippen LogP) is 3.11. The molecule has 3 amide bonds. The van der Waals surface area contributed by atoms with Crippen molar-refractivity contribution in [3.63, 3.8) is 0 Å². The van der Waals surface area contributed by atoms with Crippen LogP contribution in [0, 0.1) is 12.7 Å². The lowest BCUT2D eigenvalue weighted by atomic mass is 9.99. The molecular weight excluding hydrogens is 409 g/mol. The van der Waals surface area contributed by atoms with Crippen LogP contribution in [-0.2, 0) is 14.8 Å². The fourth-order valence-corrected chi connectivity index (χ4v) is 4.81. The number of nitrogens with one attached hydrogen (secondary N) is 1. The Hall–Kier alpha value is -3.46. The maximum absolute atomic E-state index is 13.5. The highest BCUT2D eigenvalue weighted by Gasteiger charge is 2.38. The Morgan fingerprint density at radius 2 is 1.97 bits per heavy atom. The summed E-state index contributed by atoms with van der Waals surface area (Å²) in [6, 6.07) is 9.91. The molecule has 2 aromatic carbocycles. The summed E-state index contributed by atoms with van der Waals surface area (Å²) in [5.41, 5.74) is 3.06. The van der Waals surface area contributed by atoms with Crippen molar-refractivity contribution in [3.8, 4) is 0 Å². The molecule has 9 heteroatoms. The monoisotopic (exact) mass is 427 g/mol. The molecule has 0 bridgehead atoms. The summed E-state index contributed by atoms with van der Waals surface area (Å²) in [6.07, 6.45) is 5.18. The molecule has 0 aliphatic carbocycles. The molecule has 154 valence electrons. The number of benzene rings is 2. The zero-order valence-corrected chi connectivity index (χ0v) is 16.8. The smallest absolute Gasteiger partial charge is 0.314 e. The summed E-state index contributed by atoms with van der Waals surface area (Å²) in [6.45, 7) is 1.53. The van der Waals surface area contributed by atoms with Crippen molar-refractivity contribution in [2.75, 3.05) is 18.4 Å². The zero-order chi connectivity index (χ0) is 21.5. The van der Waals surface area contributed by atoms with Gasteiger partial charge in [-0.25, -0.2) is 21.9 Å². The first-order valence-electron chi connectivity index (χ1n) is 9.14. The minimum atomic E-state index is -4.35. The van der Waals surface area contributed by atoms with E-state index in [1.807, 2.05) is 37.3 Å². The number of urea groups is 1. The topological polar surface area (TPSA) is 86.8 Å². The van der Waals surface area contributed by atoms with E-state index < -0.39 is 34.3 Å². The van der Waals surface area contributed by atoms with Crippen LogP contribution in [-0.4, -0.2) is 42.7 Å². The van der Waals surface area contributed by atoms with Gasteiger partial charge in [-0.15, -0.1) is 0 Å². The third kappa shape index (κ3) is 3.48. The number of halogens is 1. The van der Waals surface area contributed by atoms with Crippen molar-refractivity contribution >= 4 is 33.2 Å². The van der Waals surface area contributed by atoms with Gasteiger partial charge >= 0.3 is 6.03 Å². The van der Waals surface area contributed by atoms with E-state index in [1.54, 1.807) is 12.3 Å². The average molecular weight is 427 g/mol. The van der Waals surface area contributed by atoms with Gasteiger partial charge in [0.15, 0.2) is 0 Å². The quantitative estimate of drug-likeness (QED) is 0.816. The van der Waals surface area contributed by atoms with Gasteiger partial charge in [-0.05, 0) is 47.9 Å². The Morgan fingerprint density at radius 1 is 1.20 bits per heavy atom. The summed E-state index contributed by atoms with van der Waals surface area (Å²) in [5, 5.41) is 2.38. The van der Waals surface area contributed by atoms with Gasteiger partial charge in [0.1, 0.15) is 17.3 Å². The molecule has 2 aliphatic heterocycles. The normalized spacial score (nSPS) is 17.3. The number of carbonyl (C=O) groups is 2. The fraction of sp³-hybridized carbons (Fsp3) is 0.143. The first-order valence-corrected chi connectivity index (χ1v) is 10.6. The molecule has 0 aromatic heterocycles. The molecule has 2 heterocycles. The molecule has 0 spiro atoms. The molecule has 0 radical (unpaired) electrons. The van der Waals surface area contributed by atoms with Crippen LogP contribution in [0.4, 0.5) is 14.9 Å². The van der Waals surface area contributed by atoms with Gasteiger partial charge in [0.2, 0.25) is 5.91 Å². The Kier molecular flexibility index (Phi) is 4.90. The second-order valence-electron chi connectivity index (χ2n) is 6.92. The van der Waals surface area contributed by atoms with Gasteiger partial charge in [0.25, 0.3) is 10.0 Å². The third-order valence-corrected chi connectivity index (χ3v) is 6.75. The van der Waals surface area contributed by atoms with Gasteiger partial charge in [-0.1, -0.05) is 30.3 Å². The minimum absolute atomic E-state index is 0.0197. The van der Waals surface area contributed by atoms with Crippen molar-refractivity contribution in [1.82, 2.24) is 9.21 Å². The Balaban J connectivity index is 1.52. The molecule has 7 nitrogen and oxygen atoms in total. The number of rotatable bonds is 3. The van der Waals surface area contributed by atoms with Gasteiger partial charge in [-0.2, -0.15) is 0 Å². The second kappa shape index (κ2) is 7.42. The number of amides is 3. The summed E-state index contributed by atoms with van der Waals surface area (Å²) in [4.78, 5) is 25.9. The molecule has 2 aromatic rings. The van der Waals surface area contributed by atoms with E-state index in [0.717, 1.165) is 28.8 Å². The minimum Gasteiger partial charge on any atom is -0.314 e. The first kappa shape index (κ1) is 19.8. The van der Waals surface area contributed by atoms with Gasteiger partial charge in [-0.3, -0.25) is 4.79 Å². The second-order valence-corrected chi connectivity index (χ2v) is 8.75. The predicted molar refractivity (Wildman–Crippen MR) is 109 cm³/mol. The number of carbonyl (C=O) groups excluding carboxylic acids is 2. The van der Waals surface area contributed by atoms with Crippen LogP contribution >= 0.6 is 0 Å². The van der Waals surface area contributed by atoms with Crippen LogP contribution in [0.1, 0.15) is 11.1 Å². The van der Waals surface area contributed by atoms with E-state index in [0.29, 0.717) is 4.31 Å². The molecule has 1 N–H and O–H groups in total. The van der Waals surface area contributed by atoms with E-state index >= 15 is 0 Å². The van der Waals surface area contributed by atoms with Gasteiger partial charge in [0.05, 0.1) is 5.69 Å². The molecule has 30 heavy (non-hydrogen) atoms. The van der Waals surface area contributed by atoms with Crippen LogP contribution < -0.4 is 5.32 Å². The Labute approximate surface area is 173 Å². The highest BCUT2D eigenvalue weighted by Crippen LogP contribution is 2.31. The van der Waals surface area contributed by atoms with E-state index in [2.05, 4.69) is 5.32 Å². The lowest BCUT2D eigenvalue weighted by Crippen LogP contribution is -2.49. The number of hydrogen-bond donors (Lipinski definition) is 1. The first-order chi connectivity index (χ1) is 14.3. The maximum Gasteiger partial charge on any atom is 0.336 e. The summed E-state index contributed by atoms with van der Waals surface area (Å²) in [5.74, 6) is -1.34. The third-order valence-electron chi connectivity index (χ3n) is 4.98. The number of nitrogens with zero attached hydrogens (tertiary/aromatic N) is 2. The van der Waals surface area contributed by atoms with Crippen LogP contribution in [0.25, 0.3) is 5.57 Å². The average Bonchev–Trinajstić information content (AvgIpc) is 2.72. The number of aryl methyl sites for hydroxylation is 1. The van der Waals surface area contributed by atoms with E-state index in [-0.39, 0.29) is 17.1 Å². The Bertz CT molecular complexity index is 1220. The van der Waals surface area contributed by atoms with Crippen molar-refractivity contribution < 1.29 is 22.4 Å². The molecule has 2 aliphatic rings. The summed E-state index contributed by atoms with van der Waals surface area (Å²) >= 11 is 0. The van der Waals surface area contributed by atoms with Crippen molar-refractivity contribution in [2.24, 2.45) is 0 Å². The van der Waals surface area contributed by atoms with E-state index in [9.17, 15) is 22.4 Å². The molecule has 4 rings (SSSR count). The van der Waals surface area contributed by atoms with Crippen LogP contribution in [0.2, 0.25) is 0 Å². The van der Waals surface area contributed by atoms with Crippen molar-refractivity contribution in [1.29, 1.82) is 0 Å². The fourth-order valence-electron chi connectivity index (χ4n) is 3.37. The SMILES string of the molecule is Cc1ccccc1C1=CCN(C(=O)CN2C(=O)Nc3ccc(F)cc3S2(=O)=O)C=C1. The van der Waals surface area contributed by atoms with Gasteiger partial charge in [0, 0.05) is 12.7 Å². The molecule has 0 unspecified atom stereocenters. The molecule has 0 saturated heterocycles. The van der Waals surface area contributed by atoms with Crippen LogP contribution in [0.15, 0.2) is 65.7 Å². The maximum atomic E-state index is 13.5. The largest absolute Gasteiger partial charge is 0.336 e. The lowest BCUT2D eigenvalue weighted by molar-refractivity contribution is -0.128. The zero-order valence-electron chi connectivity index (χ0n) is 16.0. The number of hydrogen-bond acceptors (Lipinski definition) is 4. The van der Waals surface area contributed by atoms with E-state index in [4.69, 9.17) is 0 Å². The van der Waals surface area contributed by atoms with Crippen LogP contribution in [0.3, 0.4) is 0 Å². The lowest BCUT2D eigenvalue weighted by Gasteiger charge is -2.30. The summed E-state index contributed by atoms with van der Waals surface area (Å²) < 4.78 is 39.5. The van der Waals surface area contributed by atoms with E-state index in [1.165, 1.54) is 11.0 Å². The van der Waals surface area contributed by atoms with Crippen LogP contribution in [0.5, 0.6) is 0 Å². The summed E-state index contributed by atoms with van der Waals surface area (Å²) in [7, 11) is -4.35. The molecule has 0 atom stereocenters. The number of anilines is 1. The standard InChI is InChI=1S/C21H18FN3O4S/c1-14-4-2-3-5-17(14)15-8-10-24(11-9-15)20(26)13-25-21(27)23-18-7-6-16(22)12-19(18)30(25,28)29/h2-10,12H,11,13H2,1H3,(H,23,27). The highest BCUT2D eigenvalue weighted by molar-refractivity contribution is 7.90. The molecule has 0 saturated carbocycles. The Morgan fingerprint density at radius 3 is 2.67 bits per heavy atom. The number of allylic oxidation sites excluding steroid dienone is 2.